The van der Waals surface area contributed by atoms with Gasteiger partial charge >= 0.3 is 0 Å². The molecular weight excluding hydrogens is 316 g/mol. The summed E-state index contributed by atoms with van der Waals surface area (Å²) in [5.41, 5.74) is 0.356. The third-order valence-electron chi connectivity index (χ3n) is 3.75. The van der Waals surface area contributed by atoms with E-state index in [9.17, 15) is 4.79 Å². The summed E-state index contributed by atoms with van der Waals surface area (Å²) < 4.78 is 0. The Morgan fingerprint density at radius 2 is 2.14 bits per heavy atom. The molecule has 2 rings (SSSR count). The minimum absolute atomic E-state index is 0.0899. The molecule has 0 radical (unpaired) electrons. The number of carbonyl (C=O) groups is 1. The average Bonchev–Trinajstić information content (AvgIpc) is 2.79. The van der Waals surface area contributed by atoms with E-state index in [4.69, 9.17) is 5.26 Å². The molecule has 0 aliphatic carbocycles. The summed E-state index contributed by atoms with van der Waals surface area (Å²) in [6.07, 6.45) is 1.54. The van der Waals surface area contributed by atoms with Gasteiger partial charge in [0.15, 0.2) is 0 Å². The lowest BCUT2D eigenvalue weighted by atomic mass is 10.1. The normalized spacial score (nSPS) is 11.5. The van der Waals surface area contributed by atoms with Crippen molar-refractivity contribution < 1.29 is 4.79 Å². The van der Waals surface area contributed by atoms with Crippen molar-refractivity contribution in [1.29, 1.82) is 5.26 Å². The van der Waals surface area contributed by atoms with Gasteiger partial charge in [-0.2, -0.15) is 5.26 Å². The second kappa shape index (κ2) is 6.23. The lowest BCUT2D eigenvalue weighted by Gasteiger charge is -2.28. The van der Waals surface area contributed by atoms with Gasteiger partial charge in [0.2, 0.25) is 5.91 Å². The number of rotatable bonds is 4. The molecule has 0 fully saturated rings. The lowest BCUT2D eigenvalue weighted by molar-refractivity contribution is -0.130. The van der Waals surface area contributed by atoms with E-state index in [1.54, 1.807) is 32.2 Å². The van der Waals surface area contributed by atoms with Crippen molar-refractivity contribution in [2.24, 2.45) is 0 Å². The predicted molar refractivity (Wildman–Crippen MR) is 90.1 cm³/mol. The molecule has 0 unspecified atom stereocenters. The highest BCUT2D eigenvalue weighted by Crippen LogP contribution is 2.34. The Labute approximate surface area is 138 Å². The summed E-state index contributed by atoms with van der Waals surface area (Å²) in [4.78, 5) is 24.5. The van der Waals surface area contributed by atoms with Gasteiger partial charge in [0.25, 0.3) is 0 Å². The second-order valence-electron chi connectivity index (χ2n) is 5.55. The number of thiophene rings is 1. The van der Waals surface area contributed by atoms with Crippen LogP contribution in [0.3, 0.4) is 0 Å². The molecule has 0 spiro atoms. The van der Waals surface area contributed by atoms with Crippen molar-refractivity contribution in [3.05, 3.63) is 16.8 Å². The van der Waals surface area contributed by atoms with E-state index in [1.165, 1.54) is 33.4 Å². The summed E-state index contributed by atoms with van der Waals surface area (Å²) in [5, 5.41) is 11.0. The van der Waals surface area contributed by atoms with Gasteiger partial charge in [-0.1, -0.05) is 11.8 Å². The molecule has 116 valence electrons. The van der Waals surface area contributed by atoms with E-state index in [2.05, 4.69) is 23.0 Å². The van der Waals surface area contributed by atoms with Gasteiger partial charge in [0, 0.05) is 17.3 Å². The fraction of sp³-hybridized carbons (Fsp3) is 0.467. The van der Waals surface area contributed by atoms with Crippen LogP contribution in [0.15, 0.2) is 11.4 Å². The van der Waals surface area contributed by atoms with Gasteiger partial charge in [0.1, 0.15) is 21.7 Å². The SMILES string of the molecule is Cc1sc2ncnc(SCC(=O)N(C)C(C)(C)C#N)c2c1C. The highest BCUT2D eigenvalue weighted by molar-refractivity contribution is 8.00. The first-order valence-corrected chi connectivity index (χ1v) is 8.59. The third-order valence-corrected chi connectivity index (χ3v) is 5.84. The average molecular weight is 334 g/mol. The highest BCUT2D eigenvalue weighted by atomic mass is 32.2. The zero-order chi connectivity index (χ0) is 16.5. The van der Waals surface area contributed by atoms with Crippen LogP contribution in [0.2, 0.25) is 0 Å². The van der Waals surface area contributed by atoms with Crippen LogP contribution in [0.5, 0.6) is 0 Å². The van der Waals surface area contributed by atoms with Gasteiger partial charge in [0.05, 0.1) is 11.8 Å². The zero-order valence-corrected chi connectivity index (χ0v) is 14.9. The highest BCUT2D eigenvalue weighted by Gasteiger charge is 2.27. The van der Waals surface area contributed by atoms with Crippen molar-refractivity contribution >= 4 is 39.2 Å². The molecule has 22 heavy (non-hydrogen) atoms. The smallest absolute Gasteiger partial charge is 0.233 e. The van der Waals surface area contributed by atoms with Gasteiger partial charge in [-0.15, -0.1) is 11.3 Å². The molecule has 0 aliphatic heterocycles. The molecule has 2 heterocycles. The van der Waals surface area contributed by atoms with Crippen LogP contribution in [0.25, 0.3) is 10.2 Å². The Bertz CT molecular complexity index is 761. The van der Waals surface area contributed by atoms with Crippen molar-refractivity contribution in [2.45, 2.75) is 38.3 Å². The Morgan fingerprint density at radius 3 is 2.77 bits per heavy atom. The maximum absolute atomic E-state index is 12.3. The van der Waals surface area contributed by atoms with Crippen LogP contribution in [0.4, 0.5) is 0 Å². The number of nitriles is 1. The molecule has 0 aromatic carbocycles. The predicted octanol–water partition coefficient (Wildman–Crippen LogP) is 3.16. The topological polar surface area (TPSA) is 69.9 Å². The van der Waals surface area contributed by atoms with E-state index < -0.39 is 5.54 Å². The zero-order valence-electron chi connectivity index (χ0n) is 13.3. The van der Waals surface area contributed by atoms with E-state index in [1.807, 2.05) is 6.92 Å². The number of aromatic nitrogens is 2. The summed E-state index contributed by atoms with van der Waals surface area (Å²) in [6.45, 7) is 7.56. The standard InChI is InChI=1S/C15H18N4OS2/c1-9-10(2)22-14-12(9)13(17-8-18-14)21-6-11(20)19(5)15(3,4)7-16/h8H,6H2,1-5H3. The van der Waals surface area contributed by atoms with Crippen molar-refractivity contribution in [3.8, 4) is 6.07 Å². The van der Waals surface area contributed by atoms with Crippen LogP contribution in [-0.4, -0.2) is 39.1 Å². The first kappa shape index (κ1) is 16.7. The van der Waals surface area contributed by atoms with Gasteiger partial charge < -0.3 is 4.90 Å². The fourth-order valence-electron chi connectivity index (χ4n) is 1.87. The van der Waals surface area contributed by atoms with E-state index >= 15 is 0 Å². The molecule has 0 aliphatic rings. The van der Waals surface area contributed by atoms with Crippen LogP contribution in [-0.2, 0) is 4.79 Å². The van der Waals surface area contributed by atoms with Crippen LogP contribution in [0.1, 0.15) is 24.3 Å². The number of thioether (sulfide) groups is 1. The monoisotopic (exact) mass is 334 g/mol. The number of carbonyl (C=O) groups excluding carboxylic acids is 1. The van der Waals surface area contributed by atoms with Crippen molar-refractivity contribution in [1.82, 2.24) is 14.9 Å². The van der Waals surface area contributed by atoms with Crippen LogP contribution < -0.4 is 0 Å². The number of hydrogen-bond acceptors (Lipinski definition) is 6. The van der Waals surface area contributed by atoms with Gasteiger partial charge in [-0.05, 0) is 33.3 Å². The first-order chi connectivity index (χ1) is 10.3. The molecule has 2 aromatic heterocycles. The summed E-state index contributed by atoms with van der Waals surface area (Å²) in [5.74, 6) is 0.162. The minimum Gasteiger partial charge on any atom is -0.327 e. The maximum atomic E-state index is 12.3. The molecule has 0 atom stereocenters. The number of fused-ring (bicyclic) bond motifs is 1. The molecule has 2 aromatic rings. The third kappa shape index (κ3) is 3.08. The lowest BCUT2D eigenvalue weighted by Crippen LogP contribution is -2.44. The summed E-state index contributed by atoms with van der Waals surface area (Å²) >= 11 is 3.03. The molecule has 7 heteroatoms. The van der Waals surface area contributed by atoms with Crippen molar-refractivity contribution in [3.63, 3.8) is 0 Å². The molecule has 1 amide bonds. The molecule has 0 saturated heterocycles. The van der Waals surface area contributed by atoms with Crippen LogP contribution in [0, 0.1) is 25.2 Å². The Balaban J connectivity index is 2.19. The molecule has 0 saturated carbocycles. The molecular formula is C15H18N4OS2. The van der Waals surface area contributed by atoms with E-state index in [0.717, 1.165) is 15.2 Å². The van der Waals surface area contributed by atoms with E-state index in [0.29, 0.717) is 0 Å². The van der Waals surface area contributed by atoms with Crippen LogP contribution >= 0.6 is 23.1 Å². The minimum atomic E-state index is -0.812. The number of aryl methyl sites for hydroxylation is 2. The summed E-state index contributed by atoms with van der Waals surface area (Å²) in [6, 6.07) is 2.13. The van der Waals surface area contributed by atoms with Gasteiger partial charge in [-0.3, -0.25) is 4.79 Å². The fourth-order valence-corrected chi connectivity index (χ4v) is 3.90. The van der Waals surface area contributed by atoms with E-state index in [-0.39, 0.29) is 11.7 Å². The second-order valence-corrected chi connectivity index (χ2v) is 7.72. The number of amides is 1. The first-order valence-electron chi connectivity index (χ1n) is 6.79. The quantitative estimate of drug-likeness (QED) is 0.634. The van der Waals surface area contributed by atoms with Crippen molar-refractivity contribution in [2.75, 3.05) is 12.8 Å². The molecule has 0 N–H and O–H groups in total. The molecule has 5 nitrogen and oxygen atoms in total. The Morgan fingerprint density at radius 1 is 1.45 bits per heavy atom. The Kier molecular flexibility index (Phi) is 4.73. The molecule has 0 bridgehead atoms. The van der Waals surface area contributed by atoms with Gasteiger partial charge in [-0.25, -0.2) is 9.97 Å². The number of hydrogen-bond donors (Lipinski definition) is 0. The maximum Gasteiger partial charge on any atom is 0.233 e. The Hall–Kier alpha value is -1.65. The summed E-state index contributed by atoms with van der Waals surface area (Å²) in [7, 11) is 1.65. The largest absolute Gasteiger partial charge is 0.327 e. The number of nitrogens with zero attached hydrogens (tertiary/aromatic N) is 4.